The van der Waals surface area contributed by atoms with Crippen LogP contribution < -0.4 is 16.0 Å². The molecule has 1 heterocycles. The van der Waals surface area contributed by atoms with Crippen LogP contribution in [0.15, 0.2) is 60.7 Å². The molecule has 1 aliphatic rings. The van der Waals surface area contributed by atoms with Gasteiger partial charge in [-0.3, -0.25) is 19.3 Å². The Labute approximate surface area is 181 Å². The van der Waals surface area contributed by atoms with Gasteiger partial charge < -0.3 is 16.0 Å². The quantitative estimate of drug-likeness (QED) is 0.558. The molecule has 8 heteroatoms. The van der Waals surface area contributed by atoms with Crippen LogP contribution in [-0.2, 0) is 26.3 Å². The van der Waals surface area contributed by atoms with Gasteiger partial charge in [-0.05, 0) is 25.0 Å². The van der Waals surface area contributed by atoms with Gasteiger partial charge in [0.25, 0.3) is 5.91 Å². The molecule has 162 valence electrons. The van der Waals surface area contributed by atoms with E-state index in [2.05, 4.69) is 16.0 Å². The van der Waals surface area contributed by atoms with Crippen LogP contribution >= 0.6 is 0 Å². The van der Waals surface area contributed by atoms with Gasteiger partial charge in [-0.2, -0.15) is 0 Å². The molecule has 2 aromatic rings. The standard InChI is InChI=1S/C23H26N4O4/c1-16(2)25-19(28)14-24-20(29)15-27-21(30)23(26-22(27)31,18-11-7-4-8-12-18)13-17-9-5-3-6-10-17/h3-12,16H,13-15H2,1-2H3,(H,24,29)(H,25,28)(H,26,31)/t23-/m1/s1. The first-order chi connectivity index (χ1) is 14.8. The smallest absolute Gasteiger partial charge is 0.325 e. The van der Waals surface area contributed by atoms with E-state index in [9.17, 15) is 19.2 Å². The third-order valence-corrected chi connectivity index (χ3v) is 4.95. The summed E-state index contributed by atoms with van der Waals surface area (Å²) < 4.78 is 0. The molecular weight excluding hydrogens is 396 g/mol. The minimum atomic E-state index is -1.31. The molecule has 0 bridgehead atoms. The Bertz CT molecular complexity index is 962. The van der Waals surface area contributed by atoms with Crippen LogP contribution in [-0.4, -0.2) is 47.8 Å². The number of carbonyl (C=O) groups is 4. The molecule has 0 radical (unpaired) electrons. The molecule has 8 nitrogen and oxygen atoms in total. The van der Waals surface area contributed by atoms with Gasteiger partial charge in [0.1, 0.15) is 6.54 Å². The minimum absolute atomic E-state index is 0.0557. The van der Waals surface area contributed by atoms with Crippen molar-refractivity contribution in [2.24, 2.45) is 0 Å². The van der Waals surface area contributed by atoms with E-state index < -0.39 is 29.9 Å². The Balaban J connectivity index is 1.78. The van der Waals surface area contributed by atoms with E-state index in [4.69, 9.17) is 0 Å². The summed E-state index contributed by atoms with van der Waals surface area (Å²) in [5.74, 6) is -1.44. The lowest BCUT2D eigenvalue weighted by Crippen LogP contribution is -2.47. The van der Waals surface area contributed by atoms with E-state index in [1.54, 1.807) is 24.3 Å². The zero-order valence-corrected chi connectivity index (χ0v) is 17.6. The molecule has 1 atom stereocenters. The maximum absolute atomic E-state index is 13.4. The number of imide groups is 1. The molecule has 0 aromatic heterocycles. The van der Waals surface area contributed by atoms with Gasteiger partial charge in [-0.1, -0.05) is 60.7 Å². The maximum Gasteiger partial charge on any atom is 0.325 e. The van der Waals surface area contributed by atoms with Gasteiger partial charge in [0, 0.05) is 12.5 Å². The number of hydrogen-bond acceptors (Lipinski definition) is 4. The average molecular weight is 422 g/mol. The lowest BCUT2D eigenvalue weighted by Gasteiger charge is -2.27. The molecule has 0 aliphatic carbocycles. The summed E-state index contributed by atoms with van der Waals surface area (Å²) in [5, 5.41) is 7.91. The lowest BCUT2D eigenvalue weighted by molar-refractivity contribution is -0.135. The predicted octanol–water partition coefficient (Wildman–Crippen LogP) is 1.32. The number of amides is 5. The summed E-state index contributed by atoms with van der Waals surface area (Å²) >= 11 is 0. The molecule has 1 saturated heterocycles. The molecule has 0 unspecified atom stereocenters. The van der Waals surface area contributed by atoms with Gasteiger partial charge in [0.05, 0.1) is 6.54 Å². The van der Waals surface area contributed by atoms with E-state index in [1.807, 2.05) is 50.2 Å². The molecule has 1 fully saturated rings. The Morgan fingerprint density at radius 3 is 2.19 bits per heavy atom. The highest BCUT2D eigenvalue weighted by atomic mass is 16.2. The van der Waals surface area contributed by atoms with E-state index >= 15 is 0 Å². The first-order valence-electron chi connectivity index (χ1n) is 10.1. The Hall–Kier alpha value is -3.68. The van der Waals surface area contributed by atoms with Crippen LogP contribution in [0.25, 0.3) is 0 Å². The Morgan fingerprint density at radius 1 is 0.968 bits per heavy atom. The van der Waals surface area contributed by atoms with Crippen molar-refractivity contribution in [2.75, 3.05) is 13.1 Å². The highest BCUT2D eigenvalue weighted by Crippen LogP contribution is 2.32. The number of rotatable bonds is 8. The normalized spacial score (nSPS) is 18.1. The van der Waals surface area contributed by atoms with Crippen molar-refractivity contribution in [3.63, 3.8) is 0 Å². The van der Waals surface area contributed by atoms with Gasteiger partial charge in [0.2, 0.25) is 11.8 Å². The van der Waals surface area contributed by atoms with Crippen LogP contribution in [0.1, 0.15) is 25.0 Å². The molecule has 1 aliphatic heterocycles. The zero-order chi connectivity index (χ0) is 22.4. The number of benzene rings is 2. The van der Waals surface area contributed by atoms with Crippen LogP contribution in [0, 0.1) is 0 Å². The fourth-order valence-corrected chi connectivity index (χ4v) is 3.56. The largest absolute Gasteiger partial charge is 0.352 e. The first kappa shape index (κ1) is 22.0. The van der Waals surface area contributed by atoms with Crippen molar-refractivity contribution >= 4 is 23.8 Å². The fraction of sp³-hybridized carbons (Fsp3) is 0.304. The van der Waals surface area contributed by atoms with E-state index in [1.165, 1.54) is 0 Å². The highest BCUT2D eigenvalue weighted by molar-refractivity contribution is 6.09. The van der Waals surface area contributed by atoms with E-state index in [-0.39, 0.29) is 24.9 Å². The van der Waals surface area contributed by atoms with Crippen molar-refractivity contribution in [1.82, 2.24) is 20.9 Å². The second-order valence-corrected chi connectivity index (χ2v) is 7.75. The van der Waals surface area contributed by atoms with E-state index in [0.717, 1.165) is 10.5 Å². The fourth-order valence-electron chi connectivity index (χ4n) is 3.56. The van der Waals surface area contributed by atoms with Gasteiger partial charge in [-0.25, -0.2) is 4.79 Å². The van der Waals surface area contributed by atoms with Crippen molar-refractivity contribution in [3.05, 3.63) is 71.8 Å². The third kappa shape index (κ3) is 5.09. The second-order valence-electron chi connectivity index (χ2n) is 7.75. The molecule has 0 saturated carbocycles. The van der Waals surface area contributed by atoms with Crippen molar-refractivity contribution in [2.45, 2.75) is 31.8 Å². The summed E-state index contributed by atoms with van der Waals surface area (Å²) in [7, 11) is 0. The molecule has 3 rings (SSSR count). The monoisotopic (exact) mass is 422 g/mol. The number of nitrogens with one attached hydrogen (secondary N) is 3. The summed E-state index contributed by atoms with van der Waals surface area (Å²) in [6.45, 7) is 2.92. The number of nitrogens with zero attached hydrogens (tertiary/aromatic N) is 1. The van der Waals surface area contributed by atoms with Crippen molar-refractivity contribution in [1.29, 1.82) is 0 Å². The maximum atomic E-state index is 13.4. The molecule has 2 aromatic carbocycles. The van der Waals surface area contributed by atoms with Gasteiger partial charge in [0.15, 0.2) is 5.54 Å². The van der Waals surface area contributed by atoms with Crippen molar-refractivity contribution < 1.29 is 19.2 Å². The average Bonchev–Trinajstić information content (AvgIpc) is 2.98. The second kappa shape index (κ2) is 9.42. The minimum Gasteiger partial charge on any atom is -0.352 e. The highest BCUT2D eigenvalue weighted by Gasteiger charge is 2.52. The van der Waals surface area contributed by atoms with Crippen LogP contribution in [0.5, 0.6) is 0 Å². The SMILES string of the molecule is CC(C)NC(=O)CNC(=O)CN1C(=O)N[C@](Cc2ccccc2)(c2ccccc2)C1=O. The van der Waals surface area contributed by atoms with Crippen LogP contribution in [0.3, 0.4) is 0 Å². The van der Waals surface area contributed by atoms with Crippen LogP contribution in [0.4, 0.5) is 4.79 Å². The Kier molecular flexibility index (Phi) is 6.69. The van der Waals surface area contributed by atoms with Gasteiger partial charge in [-0.15, -0.1) is 0 Å². The first-order valence-corrected chi connectivity index (χ1v) is 10.1. The van der Waals surface area contributed by atoms with E-state index in [0.29, 0.717) is 5.56 Å². The Morgan fingerprint density at radius 2 is 1.58 bits per heavy atom. The molecule has 31 heavy (non-hydrogen) atoms. The number of carbonyl (C=O) groups excluding carboxylic acids is 4. The summed E-state index contributed by atoms with van der Waals surface area (Å²) in [4.78, 5) is 51.1. The molecule has 5 amide bonds. The summed E-state index contributed by atoms with van der Waals surface area (Å²) in [6, 6.07) is 17.6. The number of hydrogen-bond donors (Lipinski definition) is 3. The molecule has 0 spiro atoms. The van der Waals surface area contributed by atoms with Crippen molar-refractivity contribution in [3.8, 4) is 0 Å². The molecular formula is C23H26N4O4. The number of urea groups is 1. The predicted molar refractivity (Wildman–Crippen MR) is 115 cm³/mol. The zero-order valence-electron chi connectivity index (χ0n) is 17.6. The lowest BCUT2D eigenvalue weighted by atomic mass is 9.83. The third-order valence-electron chi connectivity index (χ3n) is 4.95. The summed E-state index contributed by atoms with van der Waals surface area (Å²) in [5.41, 5.74) is 0.197. The summed E-state index contributed by atoms with van der Waals surface area (Å²) in [6.07, 6.45) is 0.247. The van der Waals surface area contributed by atoms with Gasteiger partial charge >= 0.3 is 6.03 Å². The molecule has 3 N–H and O–H groups in total. The van der Waals surface area contributed by atoms with Crippen LogP contribution in [0.2, 0.25) is 0 Å². The topological polar surface area (TPSA) is 108 Å².